The Balaban J connectivity index is 1.41. The minimum atomic E-state index is 0.551. The Morgan fingerprint density at radius 1 is 0.720 bits per heavy atom. The highest BCUT2D eigenvalue weighted by molar-refractivity contribution is 6.33. The Hall–Kier alpha value is -2.65. The number of para-hydroxylation sites is 1. The van der Waals surface area contributed by atoms with Crippen LogP contribution >= 0.6 is 11.6 Å². The first-order valence-electron chi connectivity index (χ1n) is 8.19. The summed E-state index contributed by atoms with van der Waals surface area (Å²) in [5.41, 5.74) is 2.06. The first kappa shape index (κ1) is 17.2. The van der Waals surface area contributed by atoms with Crippen molar-refractivity contribution in [3.63, 3.8) is 0 Å². The summed E-state index contributed by atoms with van der Waals surface area (Å²) < 4.78 is 11.5. The van der Waals surface area contributed by atoms with Gasteiger partial charge in [-0.25, -0.2) is 0 Å². The fourth-order valence-electron chi connectivity index (χ4n) is 2.33. The van der Waals surface area contributed by atoms with E-state index in [4.69, 9.17) is 21.1 Å². The number of halogens is 1. The van der Waals surface area contributed by atoms with Crippen molar-refractivity contribution in [3.05, 3.63) is 89.4 Å². The standard InChI is InChI=1S/C21H20ClNO2/c22-20-8-4-5-9-21(20)23-14-15-24-18-10-12-19(13-11-18)25-16-17-6-2-1-3-7-17/h1-13,23H,14-16H2. The predicted molar refractivity (Wildman–Crippen MR) is 103 cm³/mol. The van der Waals surface area contributed by atoms with Gasteiger partial charge in [0.25, 0.3) is 0 Å². The number of anilines is 1. The highest BCUT2D eigenvalue weighted by Crippen LogP contribution is 2.21. The molecule has 0 unspecified atom stereocenters. The monoisotopic (exact) mass is 353 g/mol. The predicted octanol–water partition coefficient (Wildman–Crippen LogP) is 5.41. The Morgan fingerprint density at radius 2 is 1.36 bits per heavy atom. The van der Waals surface area contributed by atoms with Crippen molar-refractivity contribution < 1.29 is 9.47 Å². The molecule has 25 heavy (non-hydrogen) atoms. The second-order valence-electron chi connectivity index (χ2n) is 5.50. The number of nitrogens with one attached hydrogen (secondary N) is 1. The fraction of sp³-hybridized carbons (Fsp3) is 0.143. The van der Waals surface area contributed by atoms with E-state index < -0.39 is 0 Å². The van der Waals surface area contributed by atoms with Gasteiger partial charge in [0.15, 0.2) is 0 Å². The molecule has 0 fully saturated rings. The van der Waals surface area contributed by atoms with Crippen LogP contribution in [0.25, 0.3) is 0 Å². The van der Waals surface area contributed by atoms with Gasteiger partial charge in [-0.15, -0.1) is 0 Å². The van der Waals surface area contributed by atoms with Crippen LogP contribution in [0.4, 0.5) is 5.69 Å². The zero-order chi connectivity index (χ0) is 17.3. The molecule has 1 N–H and O–H groups in total. The molecule has 3 nitrogen and oxygen atoms in total. The second-order valence-corrected chi connectivity index (χ2v) is 5.91. The molecule has 3 aromatic carbocycles. The van der Waals surface area contributed by atoms with Crippen LogP contribution in [0.1, 0.15) is 5.56 Å². The Morgan fingerprint density at radius 3 is 2.08 bits per heavy atom. The fourth-order valence-corrected chi connectivity index (χ4v) is 2.53. The van der Waals surface area contributed by atoms with Gasteiger partial charge in [-0.05, 0) is 42.0 Å². The third-order valence-corrected chi connectivity index (χ3v) is 3.96. The lowest BCUT2D eigenvalue weighted by Crippen LogP contribution is -2.11. The van der Waals surface area contributed by atoms with Crippen molar-refractivity contribution in [2.45, 2.75) is 6.61 Å². The molecule has 0 aromatic heterocycles. The summed E-state index contributed by atoms with van der Waals surface area (Å²) in [5.74, 6) is 1.64. The Bertz CT molecular complexity index is 775. The molecule has 0 atom stereocenters. The molecule has 0 saturated heterocycles. The summed E-state index contributed by atoms with van der Waals surface area (Å²) in [5, 5.41) is 3.96. The molecule has 0 aliphatic carbocycles. The summed E-state index contributed by atoms with van der Waals surface area (Å²) >= 11 is 6.09. The van der Waals surface area contributed by atoms with E-state index in [1.165, 1.54) is 0 Å². The molecule has 0 amide bonds. The highest BCUT2D eigenvalue weighted by Gasteiger charge is 1.99. The van der Waals surface area contributed by atoms with E-state index in [1.807, 2.05) is 78.9 Å². The van der Waals surface area contributed by atoms with Crippen molar-refractivity contribution in [1.29, 1.82) is 0 Å². The van der Waals surface area contributed by atoms with E-state index >= 15 is 0 Å². The third kappa shape index (κ3) is 5.44. The van der Waals surface area contributed by atoms with E-state index in [9.17, 15) is 0 Å². The van der Waals surface area contributed by atoms with Gasteiger partial charge in [-0.1, -0.05) is 54.1 Å². The molecule has 0 saturated carbocycles. The SMILES string of the molecule is Clc1ccccc1NCCOc1ccc(OCc2ccccc2)cc1. The van der Waals surface area contributed by atoms with Crippen molar-refractivity contribution >= 4 is 17.3 Å². The first-order valence-corrected chi connectivity index (χ1v) is 8.57. The van der Waals surface area contributed by atoms with Crippen molar-refractivity contribution in [3.8, 4) is 11.5 Å². The van der Waals surface area contributed by atoms with Gasteiger partial charge >= 0.3 is 0 Å². The molecule has 128 valence electrons. The number of hydrogen-bond acceptors (Lipinski definition) is 3. The maximum atomic E-state index is 6.09. The summed E-state index contributed by atoms with van der Waals surface area (Å²) in [6.07, 6.45) is 0. The molecule has 0 aliphatic rings. The molecule has 0 heterocycles. The van der Waals surface area contributed by atoms with Crippen LogP contribution in [0.15, 0.2) is 78.9 Å². The Labute approximate surface area is 153 Å². The highest BCUT2D eigenvalue weighted by atomic mass is 35.5. The van der Waals surface area contributed by atoms with Crippen LogP contribution in [0.3, 0.4) is 0 Å². The maximum Gasteiger partial charge on any atom is 0.120 e. The molecular weight excluding hydrogens is 334 g/mol. The summed E-state index contributed by atoms with van der Waals surface area (Å²) in [7, 11) is 0. The van der Waals surface area contributed by atoms with E-state index in [-0.39, 0.29) is 0 Å². The lowest BCUT2D eigenvalue weighted by Gasteiger charge is -2.11. The number of rotatable bonds is 8. The number of hydrogen-bond donors (Lipinski definition) is 1. The normalized spacial score (nSPS) is 10.3. The van der Waals surface area contributed by atoms with Gasteiger partial charge in [0, 0.05) is 6.54 Å². The maximum absolute atomic E-state index is 6.09. The van der Waals surface area contributed by atoms with Gasteiger partial charge in [0.05, 0.1) is 10.7 Å². The van der Waals surface area contributed by atoms with Gasteiger partial charge in [0.1, 0.15) is 24.7 Å². The zero-order valence-corrected chi connectivity index (χ0v) is 14.6. The molecule has 0 radical (unpaired) electrons. The number of ether oxygens (including phenoxy) is 2. The van der Waals surface area contributed by atoms with E-state index in [0.717, 1.165) is 22.7 Å². The zero-order valence-electron chi connectivity index (χ0n) is 13.8. The van der Waals surface area contributed by atoms with Crippen LogP contribution in [-0.4, -0.2) is 13.2 Å². The van der Waals surface area contributed by atoms with Crippen molar-refractivity contribution in [1.82, 2.24) is 0 Å². The van der Waals surface area contributed by atoms with Gasteiger partial charge in [-0.3, -0.25) is 0 Å². The van der Waals surface area contributed by atoms with Gasteiger partial charge in [-0.2, -0.15) is 0 Å². The summed E-state index contributed by atoms with van der Waals surface area (Å²) in [4.78, 5) is 0. The molecule has 3 aromatic rings. The molecular formula is C21H20ClNO2. The smallest absolute Gasteiger partial charge is 0.120 e. The minimum absolute atomic E-state index is 0.551. The van der Waals surface area contributed by atoms with Crippen LogP contribution in [0, 0.1) is 0 Å². The molecule has 4 heteroatoms. The molecule has 0 bridgehead atoms. The van der Waals surface area contributed by atoms with Gasteiger partial charge in [0.2, 0.25) is 0 Å². The van der Waals surface area contributed by atoms with Crippen LogP contribution < -0.4 is 14.8 Å². The van der Waals surface area contributed by atoms with E-state index in [0.29, 0.717) is 24.8 Å². The van der Waals surface area contributed by atoms with E-state index in [2.05, 4.69) is 5.32 Å². The lowest BCUT2D eigenvalue weighted by molar-refractivity contribution is 0.303. The first-order chi connectivity index (χ1) is 12.3. The third-order valence-electron chi connectivity index (χ3n) is 3.63. The van der Waals surface area contributed by atoms with Gasteiger partial charge < -0.3 is 14.8 Å². The molecule has 0 spiro atoms. The van der Waals surface area contributed by atoms with Crippen LogP contribution in [-0.2, 0) is 6.61 Å². The quantitative estimate of drug-likeness (QED) is 0.549. The second kappa shape index (κ2) is 9.00. The average Bonchev–Trinajstić information content (AvgIpc) is 2.67. The van der Waals surface area contributed by atoms with E-state index in [1.54, 1.807) is 0 Å². The lowest BCUT2D eigenvalue weighted by atomic mass is 10.2. The molecule has 0 aliphatic heterocycles. The van der Waals surface area contributed by atoms with Crippen LogP contribution in [0.2, 0.25) is 5.02 Å². The topological polar surface area (TPSA) is 30.5 Å². The largest absolute Gasteiger partial charge is 0.492 e. The average molecular weight is 354 g/mol. The summed E-state index contributed by atoms with van der Waals surface area (Å²) in [6.45, 7) is 1.79. The molecule has 3 rings (SSSR count). The summed E-state index contributed by atoms with van der Waals surface area (Å²) in [6, 6.07) is 25.4. The van der Waals surface area contributed by atoms with Crippen LogP contribution in [0.5, 0.6) is 11.5 Å². The van der Waals surface area contributed by atoms with Crippen molar-refractivity contribution in [2.75, 3.05) is 18.5 Å². The van der Waals surface area contributed by atoms with Crippen molar-refractivity contribution in [2.24, 2.45) is 0 Å². The Kier molecular flexibility index (Phi) is 6.18. The minimum Gasteiger partial charge on any atom is -0.492 e. The number of benzene rings is 3.